The molecule has 0 unspecified atom stereocenters. The standard InChI is InChI=1S/C6H12ClNO/c1-2-5-8-9-6-3-4-7/h3-4,8H,2,5-6H2,1H3. The van der Waals surface area contributed by atoms with Gasteiger partial charge in [-0.2, -0.15) is 0 Å². The molecule has 2 nitrogen and oxygen atoms in total. The number of halogens is 1. The van der Waals surface area contributed by atoms with Gasteiger partial charge in [0.25, 0.3) is 0 Å². The molecule has 0 aromatic heterocycles. The topological polar surface area (TPSA) is 21.3 Å². The van der Waals surface area contributed by atoms with Crippen LogP contribution in [0.15, 0.2) is 11.6 Å². The number of hydroxylamine groups is 1. The Morgan fingerprint density at radius 2 is 2.44 bits per heavy atom. The minimum absolute atomic E-state index is 0.531. The first-order valence-electron chi connectivity index (χ1n) is 3.01. The van der Waals surface area contributed by atoms with E-state index in [4.69, 9.17) is 16.4 Å². The quantitative estimate of drug-likeness (QED) is 0.474. The number of nitrogens with one attached hydrogen (secondary N) is 1. The Kier molecular flexibility index (Phi) is 7.91. The molecule has 0 fully saturated rings. The van der Waals surface area contributed by atoms with Gasteiger partial charge in [0.1, 0.15) is 0 Å². The Labute approximate surface area is 60.8 Å². The second-order valence-electron chi connectivity index (χ2n) is 1.57. The molecular weight excluding hydrogens is 138 g/mol. The summed E-state index contributed by atoms with van der Waals surface area (Å²) in [6, 6.07) is 0. The lowest BCUT2D eigenvalue weighted by atomic mass is 10.5. The van der Waals surface area contributed by atoms with E-state index in [1.165, 1.54) is 5.54 Å². The van der Waals surface area contributed by atoms with Crippen molar-refractivity contribution in [3.8, 4) is 0 Å². The molecule has 0 bridgehead atoms. The molecule has 0 aliphatic carbocycles. The van der Waals surface area contributed by atoms with Crippen molar-refractivity contribution in [2.45, 2.75) is 13.3 Å². The van der Waals surface area contributed by atoms with Crippen molar-refractivity contribution in [1.29, 1.82) is 0 Å². The molecule has 0 spiro atoms. The van der Waals surface area contributed by atoms with Crippen molar-refractivity contribution in [3.63, 3.8) is 0 Å². The first-order valence-corrected chi connectivity index (χ1v) is 3.45. The highest BCUT2D eigenvalue weighted by atomic mass is 35.5. The Hall–Kier alpha value is -0.0500. The number of hydrogen-bond donors (Lipinski definition) is 1. The van der Waals surface area contributed by atoms with Gasteiger partial charge in [-0.05, 0) is 12.5 Å². The van der Waals surface area contributed by atoms with E-state index in [2.05, 4.69) is 12.4 Å². The molecular formula is C6H12ClNO. The zero-order valence-electron chi connectivity index (χ0n) is 5.56. The molecule has 0 rings (SSSR count). The first-order chi connectivity index (χ1) is 4.41. The first kappa shape index (κ1) is 8.95. The molecule has 1 N–H and O–H groups in total. The Morgan fingerprint density at radius 1 is 1.67 bits per heavy atom. The van der Waals surface area contributed by atoms with Gasteiger partial charge in [-0.3, -0.25) is 4.84 Å². The third-order valence-corrected chi connectivity index (χ3v) is 0.901. The third-order valence-electron chi connectivity index (χ3n) is 0.723. The average Bonchev–Trinajstić information content (AvgIpc) is 1.89. The van der Waals surface area contributed by atoms with Gasteiger partial charge in [-0.15, -0.1) is 0 Å². The molecule has 0 radical (unpaired) electrons. The number of rotatable bonds is 5. The van der Waals surface area contributed by atoms with Crippen LogP contribution < -0.4 is 5.48 Å². The summed E-state index contributed by atoms with van der Waals surface area (Å²) >= 11 is 5.23. The van der Waals surface area contributed by atoms with E-state index in [1.807, 2.05) is 0 Å². The van der Waals surface area contributed by atoms with Gasteiger partial charge >= 0.3 is 0 Å². The minimum Gasteiger partial charge on any atom is -0.298 e. The predicted molar refractivity (Wildman–Crippen MR) is 39.2 cm³/mol. The normalized spacial score (nSPS) is 10.9. The van der Waals surface area contributed by atoms with Crippen LogP contribution in [0.2, 0.25) is 0 Å². The van der Waals surface area contributed by atoms with Crippen LogP contribution in [-0.2, 0) is 4.84 Å². The van der Waals surface area contributed by atoms with Crippen molar-refractivity contribution in [1.82, 2.24) is 5.48 Å². The lowest BCUT2D eigenvalue weighted by Crippen LogP contribution is -2.14. The van der Waals surface area contributed by atoms with Crippen molar-refractivity contribution >= 4 is 11.6 Å². The molecule has 0 aliphatic heterocycles. The second kappa shape index (κ2) is 7.95. The van der Waals surface area contributed by atoms with E-state index in [0.717, 1.165) is 13.0 Å². The van der Waals surface area contributed by atoms with Crippen LogP contribution in [0.3, 0.4) is 0 Å². The molecule has 0 aliphatic rings. The van der Waals surface area contributed by atoms with E-state index in [9.17, 15) is 0 Å². The van der Waals surface area contributed by atoms with Crippen LogP contribution in [0.4, 0.5) is 0 Å². The van der Waals surface area contributed by atoms with Crippen molar-refractivity contribution in [2.24, 2.45) is 0 Å². The molecule has 0 saturated heterocycles. The van der Waals surface area contributed by atoms with Crippen LogP contribution in [-0.4, -0.2) is 13.2 Å². The zero-order chi connectivity index (χ0) is 6.95. The molecule has 0 aromatic rings. The van der Waals surface area contributed by atoms with E-state index < -0.39 is 0 Å². The summed E-state index contributed by atoms with van der Waals surface area (Å²) < 4.78 is 0. The fourth-order valence-electron chi connectivity index (χ4n) is 0.318. The van der Waals surface area contributed by atoms with Crippen LogP contribution in [0.25, 0.3) is 0 Å². The minimum atomic E-state index is 0.531. The molecule has 54 valence electrons. The van der Waals surface area contributed by atoms with Crippen LogP contribution >= 0.6 is 11.6 Å². The maximum atomic E-state index is 5.23. The van der Waals surface area contributed by atoms with Gasteiger partial charge in [0.15, 0.2) is 0 Å². The molecule has 0 saturated carbocycles. The Morgan fingerprint density at radius 3 is 3.00 bits per heavy atom. The van der Waals surface area contributed by atoms with Gasteiger partial charge in [0.05, 0.1) is 6.61 Å². The Balaban J connectivity index is 2.75. The van der Waals surface area contributed by atoms with Gasteiger partial charge < -0.3 is 0 Å². The predicted octanol–water partition coefficient (Wildman–Crippen LogP) is 1.67. The molecule has 0 amide bonds. The smallest absolute Gasteiger partial charge is 0.0875 e. The van der Waals surface area contributed by atoms with Crippen LogP contribution in [0.1, 0.15) is 13.3 Å². The van der Waals surface area contributed by atoms with E-state index in [1.54, 1.807) is 6.08 Å². The summed E-state index contributed by atoms with van der Waals surface area (Å²) in [5, 5.41) is 0. The van der Waals surface area contributed by atoms with Crippen molar-refractivity contribution in [2.75, 3.05) is 13.2 Å². The van der Waals surface area contributed by atoms with Crippen LogP contribution in [0.5, 0.6) is 0 Å². The fraction of sp³-hybridized carbons (Fsp3) is 0.667. The van der Waals surface area contributed by atoms with Crippen molar-refractivity contribution in [3.05, 3.63) is 11.6 Å². The molecule has 3 heteroatoms. The van der Waals surface area contributed by atoms with Crippen LogP contribution in [0, 0.1) is 0 Å². The summed E-state index contributed by atoms with van der Waals surface area (Å²) in [7, 11) is 0. The summed E-state index contributed by atoms with van der Waals surface area (Å²) in [6.07, 6.45) is 2.80. The summed E-state index contributed by atoms with van der Waals surface area (Å²) in [4.78, 5) is 4.89. The summed E-state index contributed by atoms with van der Waals surface area (Å²) in [5.74, 6) is 0. The maximum absolute atomic E-state index is 5.23. The molecule has 0 atom stereocenters. The maximum Gasteiger partial charge on any atom is 0.0875 e. The highest BCUT2D eigenvalue weighted by Gasteiger charge is 1.78. The van der Waals surface area contributed by atoms with Gasteiger partial charge in [-0.1, -0.05) is 18.5 Å². The van der Waals surface area contributed by atoms with Gasteiger partial charge in [0.2, 0.25) is 0 Å². The van der Waals surface area contributed by atoms with E-state index in [0.29, 0.717) is 6.61 Å². The SMILES string of the molecule is CCCNOCC=CCl. The zero-order valence-corrected chi connectivity index (χ0v) is 6.32. The van der Waals surface area contributed by atoms with E-state index in [-0.39, 0.29) is 0 Å². The van der Waals surface area contributed by atoms with Gasteiger partial charge in [-0.25, -0.2) is 5.48 Å². The molecule has 0 heterocycles. The molecule has 9 heavy (non-hydrogen) atoms. The Bertz CT molecular complexity index is 75.5. The lowest BCUT2D eigenvalue weighted by Gasteiger charge is -1.98. The molecule has 0 aromatic carbocycles. The average molecular weight is 150 g/mol. The fourth-order valence-corrected chi connectivity index (χ4v) is 0.390. The summed E-state index contributed by atoms with van der Waals surface area (Å²) in [6.45, 7) is 3.49. The third kappa shape index (κ3) is 7.95. The highest BCUT2D eigenvalue weighted by molar-refractivity contribution is 6.25. The number of hydrogen-bond acceptors (Lipinski definition) is 2. The van der Waals surface area contributed by atoms with Crippen molar-refractivity contribution < 1.29 is 4.84 Å². The highest BCUT2D eigenvalue weighted by Crippen LogP contribution is 1.78. The van der Waals surface area contributed by atoms with Gasteiger partial charge in [0, 0.05) is 12.1 Å². The largest absolute Gasteiger partial charge is 0.298 e. The lowest BCUT2D eigenvalue weighted by molar-refractivity contribution is 0.0629. The monoisotopic (exact) mass is 149 g/mol. The second-order valence-corrected chi connectivity index (χ2v) is 1.82. The summed E-state index contributed by atoms with van der Waals surface area (Å²) in [5.41, 5.74) is 4.20. The van der Waals surface area contributed by atoms with E-state index >= 15 is 0 Å².